The molecule has 0 aromatic carbocycles. The Labute approximate surface area is 133 Å². The Morgan fingerprint density at radius 3 is 2.55 bits per heavy atom. The van der Waals surface area contributed by atoms with Crippen LogP contribution < -0.4 is 0 Å². The number of carbonyl (C=O) groups is 1. The van der Waals surface area contributed by atoms with Gasteiger partial charge in [0, 0.05) is 5.57 Å². The van der Waals surface area contributed by atoms with Gasteiger partial charge < -0.3 is 10.2 Å². The molecule has 3 heteroatoms. The maximum atomic E-state index is 10.9. The minimum atomic E-state index is -0.880. The summed E-state index contributed by atoms with van der Waals surface area (Å²) in [5.74, 6) is 1.44. The summed E-state index contributed by atoms with van der Waals surface area (Å²) in [5, 5.41) is 19.4. The van der Waals surface area contributed by atoms with Crippen molar-refractivity contribution >= 4 is 5.97 Å². The maximum Gasteiger partial charge on any atom is 0.331 e. The molecular weight excluding hydrogens is 276 g/mol. The maximum absolute atomic E-state index is 10.9. The first-order chi connectivity index (χ1) is 10.3. The molecule has 0 aromatic heterocycles. The van der Waals surface area contributed by atoms with E-state index < -0.39 is 5.97 Å². The van der Waals surface area contributed by atoms with E-state index in [4.69, 9.17) is 5.11 Å². The first-order valence-electron chi connectivity index (χ1n) is 8.27. The van der Waals surface area contributed by atoms with Crippen molar-refractivity contribution in [2.75, 3.05) is 0 Å². The lowest BCUT2D eigenvalue weighted by Crippen LogP contribution is -2.46. The molecule has 0 unspecified atom stereocenters. The van der Waals surface area contributed by atoms with E-state index in [1.807, 2.05) is 6.08 Å². The average molecular weight is 304 g/mol. The lowest BCUT2D eigenvalue weighted by atomic mass is 9.58. The van der Waals surface area contributed by atoms with Crippen LogP contribution in [0, 0.1) is 35.5 Å². The molecule has 2 aliphatic rings. The van der Waals surface area contributed by atoms with Gasteiger partial charge in [0.2, 0.25) is 0 Å². The third-order valence-electron chi connectivity index (χ3n) is 5.60. The minimum absolute atomic E-state index is 0.243. The van der Waals surface area contributed by atoms with Crippen molar-refractivity contribution in [1.29, 1.82) is 0 Å². The highest BCUT2D eigenvalue weighted by atomic mass is 16.4. The lowest BCUT2D eigenvalue weighted by molar-refractivity contribution is -0.132. The fraction of sp³-hybridized carbons (Fsp3) is 0.632. The summed E-state index contributed by atoms with van der Waals surface area (Å²) in [7, 11) is 0. The highest BCUT2D eigenvalue weighted by Crippen LogP contribution is 2.48. The van der Waals surface area contributed by atoms with Gasteiger partial charge in [-0.1, -0.05) is 51.2 Å². The van der Waals surface area contributed by atoms with E-state index in [9.17, 15) is 9.90 Å². The van der Waals surface area contributed by atoms with Crippen molar-refractivity contribution in [3.63, 3.8) is 0 Å². The van der Waals surface area contributed by atoms with E-state index in [2.05, 4.69) is 39.0 Å². The van der Waals surface area contributed by atoms with Crippen LogP contribution in [-0.2, 0) is 4.79 Å². The minimum Gasteiger partial charge on any atom is -0.478 e. The van der Waals surface area contributed by atoms with Gasteiger partial charge in [0.25, 0.3) is 0 Å². The summed E-state index contributed by atoms with van der Waals surface area (Å²) in [6.07, 6.45) is 11.1. The van der Waals surface area contributed by atoms with Crippen molar-refractivity contribution in [3.8, 4) is 0 Å². The zero-order valence-corrected chi connectivity index (χ0v) is 13.9. The van der Waals surface area contributed by atoms with Crippen molar-refractivity contribution < 1.29 is 15.0 Å². The van der Waals surface area contributed by atoms with Crippen LogP contribution in [0.4, 0.5) is 0 Å². The quantitative estimate of drug-likeness (QED) is 0.475. The summed E-state index contributed by atoms with van der Waals surface area (Å²) >= 11 is 0. The highest BCUT2D eigenvalue weighted by molar-refractivity contribution is 5.86. The number of allylic oxidation sites excluding steroid dienone is 5. The van der Waals surface area contributed by atoms with E-state index in [0.717, 1.165) is 6.42 Å². The van der Waals surface area contributed by atoms with Crippen LogP contribution in [0.1, 0.15) is 34.1 Å². The molecular formula is C19H28O3. The number of rotatable bonds is 3. The molecule has 3 nitrogen and oxygen atoms in total. The number of hydrogen-bond acceptors (Lipinski definition) is 2. The Kier molecular flexibility index (Phi) is 5.28. The van der Waals surface area contributed by atoms with Crippen LogP contribution in [0.3, 0.4) is 0 Å². The van der Waals surface area contributed by atoms with E-state index in [0.29, 0.717) is 35.2 Å². The standard InChI is InChI=1S/C19H28O3/c1-11-8-9-15-10-13(3)18(20)14(4)17(15)16(11)7-5-6-12(2)19(21)22/h5-9,11,13-18,20H,10H2,1-4H3,(H,21,22)/b7-5-,12-6-/t11-,13+,14-,15-,16-,17+,18-/m0/s1. The number of hydrogen-bond donors (Lipinski definition) is 2. The van der Waals surface area contributed by atoms with Gasteiger partial charge in [0.15, 0.2) is 0 Å². The molecule has 2 rings (SSSR count). The summed E-state index contributed by atoms with van der Waals surface area (Å²) in [5.41, 5.74) is 0.345. The van der Waals surface area contributed by atoms with Gasteiger partial charge in [-0.25, -0.2) is 4.79 Å². The van der Waals surface area contributed by atoms with E-state index >= 15 is 0 Å². The van der Waals surface area contributed by atoms with Crippen LogP contribution in [0.15, 0.2) is 36.0 Å². The number of aliphatic hydroxyl groups excluding tert-OH is 1. The summed E-state index contributed by atoms with van der Waals surface area (Å²) in [6, 6.07) is 0. The highest BCUT2D eigenvalue weighted by Gasteiger charge is 2.44. The SMILES string of the molecule is C/C(=C/C=C\[C@@H]1[C@@H]2[C@H](C)[C@@H](O)[C@H](C)C[C@@H]2C=C[C@@H]1C)C(=O)O. The van der Waals surface area contributed by atoms with Crippen LogP contribution >= 0.6 is 0 Å². The Balaban J connectivity index is 2.22. The van der Waals surface area contributed by atoms with Gasteiger partial charge in [-0.2, -0.15) is 0 Å². The third kappa shape index (κ3) is 3.35. The number of fused-ring (bicyclic) bond motifs is 1. The largest absolute Gasteiger partial charge is 0.478 e. The second-order valence-electron chi connectivity index (χ2n) is 7.16. The normalized spacial score (nSPS) is 42.4. The van der Waals surface area contributed by atoms with E-state index in [1.54, 1.807) is 13.0 Å². The molecule has 0 bridgehead atoms. The van der Waals surface area contributed by atoms with Crippen molar-refractivity contribution in [1.82, 2.24) is 0 Å². The Morgan fingerprint density at radius 1 is 1.23 bits per heavy atom. The van der Waals surface area contributed by atoms with E-state index in [1.165, 1.54) is 0 Å². The fourth-order valence-electron chi connectivity index (χ4n) is 4.20. The number of aliphatic carboxylic acids is 1. The van der Waals surface area contributed by atoms with Crippen LogP contribution in [0.25, 0.3) is 0 Å². The first kappa shape index (κ1) is 17.0. The molecule has 1 saturated carbocycles. The zero-order valence-electron chi connectivity index (χ0n) is 13.9. The van der Waals surface area contributed by atoms with Crippen molar-refractivity contribution in [2.45, 2.75) is 40.2 Å². The molecule has 122 valence electrons. The molecule has 0 spiro atoms. The molecule has 0 saturated heterocycles. The van der Waals surface area contributed by atoms with E-state index in [-0.39, 0.29) is 12.0 Å². The fourth-order valence-corrected chi connectivity index (χ4v) is 4.20. The third-order valence-corrected chi connectivity index (χ3v) is 5.60. The van der Waals surface area contributed by atoms with Crippen molar-refractivity contribution in [2.24, 2.45) is 35.5 Å². The predicted molar refractivity (Wildman–Crippen MR) is 88.3 cm³/mol. The summed E-state index contributed by atoms with van der Waals surface area (Å²) in [6.45, 7) is 8.09. The second-order valence-corrected chi connectivity index (χ2v) is 7.16. The molecule has 0 amide bonds. The Bertz CT molecular complexity index is 503. The van der Waals surface area contributed by atoms with Crippen molar-refractivity contribution in [3.05, 3.63) is 36.0 Å². The molecule has 1 fully saturated rings. The number of carboxylic acids is 1. The van der Waals surface area contributed by atoms with Crippen LogP contribution in [0.5, 0.6) is 0 Å². The van der Waals surface area contributed by atoms with Gasteiger partial charge in [-0.3, -0.25) is 0 Å². The molecule has 7 atom stereocenters. The monoisotopic (exact) mass is 304 g/mol. The molecule has 22 heavy (non-hydrogen) atoms. The first-order valence-corrected chi connectivity index (χ1v) is 8.27. The molecule has 0 radical (unpaired) electrons. The number of carboxylic acid groups (broad SMARTS) is 1. The lowest BCUT2D eigenvalue weighted by Gasteiger charge is -2.48. The molecule has 0 aromatic rings. The summed E-state index contributed by atoms with van der Waals surface area (Å²) in [4.78, 5) is 10.9. The second kappa shape index (κ2) is 6.82. The topological polar surface area (TPSA) is 57.5 Å². The zero-order chi connectivity index (χ0) is 16.4. The molecule has 0 heterocycles. The van der Waals surface area contributed by atoms with Gasteiger partial charge in [-0.15, -0.1) is 0 Å². The predicted octanol–water partition coefficient (Wildman–Crippen LogP) is 3.66. The molecule has 2 aliphatic carbocycles. The van der Waals surface area contributed by atoms with Gasteiger partial charge in [-0.05, 0) is 48.9 Å². The van der Waals surface area contributed by atoms with Crippen LogP contribution in [-0.4, -0.2) is 22.3 Å². The Hall–Kier alpha value is -1.35. The van der Waals surface area contributed by atoms with Gasteiger partial charge >= 0.3 is 5.97 Å². The Morgan fingerprint density at radius 2 is 1.91 bits per heavy atom. The number of aliphatic hydroxyl groups is 1. The average Bonchev–Trinajstić information content (AvgIpc) is 2.47. The summed E-state index contributed by atoms with van der Waals surface area (Å²) < 4.78 is 0. The van der Waals surface area contributed by atoms with Gasteiger partial charge in [0.1, 0.15) is 0 Å². The molecule has 2 N–H and O–H groups in total. The smallest absolute Gasteiger partial charge is 0.331 e. The molecule has 0 aliphatic heterocycles. The van der Waals surface area contributed by atoms with Crippen LogP contribution in [0.2, 0.25) is 0 Å². The van der Waals surface area contributed by atoms with Gasteiger partial charge in [0.05, 0.1) is 6.10 Å².